The van der Waals surface area contributed by atoms with Crippen molar-refractivity contribution < 1.29 is 23.7 Å². The van der Waals surface area contributed by atoms with Gasteiger partial charge in [0.15, 0.2) is 23.0 Å². The molecule has 3 rings (SSSR count). The van der Waals surface area contributed by atoms with Crippen LogP contribution in [0.2, 0.25) is 0 Å². The molecule has 3 aromatic rings. The van der Waals surface area contributed by atoms with Crippen LogP contribution in [-0.4, -0.2) is 35.5 Å². The van der Waals surface area contributed by atoms with Gasteiger partial charge in [0.1, 0.15) is 0 Å². The quantitative estimate of drug-likeness (QED) is 0.533. The number of methoxy groups -OCH3 is 5. The Kier molecular flexibility index (Phi) is 7.96. The Morgan fingerprint density at radius 1 is 0.471 bits per heavy atom. The van der Waals surface area contributed by atoms with E-state index < -0.39 is 0 Å². The minimum Gasteiger partial charge on any atom is -0.493 e. The van der Waals surface area contributed by atoms with Gasteiger partial charge in [-0.15, -0.1) is 6.42 Å². The van der Waals surface area contributed by atoms with Gasteiger partial charge in [-0.05, 0) is 48.5 Å². The molecule has 34 heavy (non-hydrogen) atoms. The van der Waals surface area contributed by atoms with E-state index >= 15 is 0 Å². The summed E-state index contributed by atoms with van der Waals surface area (Å²) in [6.07, 6.45) is 5.66. The number of benzene rings is 3. The zero-order valence-corrected chi connectivity index (χ0v) is 19.7. The summed E-state index contributed by atoms with van der Waals surface area (Å²) in [5.41, 5.74) is 3.67. The van der Waals surface area contributed by atoms with Crippen LogP contribution < -0.4 is 23.7 Å². The summed E-state index contributed by atoms with van der Waals surface area (Å²) < 4.78 is 26.8. The molecule has 0 aromatic heterocycles. The molecule has 0 saturated heterocycles. The van der Waals surface area contributed by atoms with Crippen molar-refractivity contribution in [1.29, 1.82) is 0 Å². The number of hydrogen-bond acceptors (Lipinski definition) is 5. The minimum atomic E-state index is 0.512. The summed E-state index contributed by atoms with van der Waals surface area (Å²) in [6.45, 7) is 0. The molecule has 0 N–H and O–H groups in total. The van der Waals surface area contributed by atoms with E-state index in [2.05, 4.69) is 29.6 Å². The van der Waals surface area contributed by atoms with E-state index in [1.165, 1.54) is 0 Å². The highest BCUT2D eigenvalue weighted by Crippen LogP contribution is 2.38. The first-order chi connectivity index (χ1) is 16.5. The zero-order chi connectivity index (χ0) is 24.5. The molecule has 0 radical (unpaired) electrons. The normalized spacial score (nSPS) is 9.41. The molecular weight excluding hydrogens is 428 g/mol. The molecule has 0 heterocycles. The Morgan fingerprint density at radius 3 is 1.38 bits per heavy atom. The van der Waals surface area contributed by atoms with E-state index in [0.717, 1.165) is 16.7 Å². The number of terminal acetylenes is 1. The summed E-state index contributed by atoms with van der Waals surface area (Å²) in [5, 5.41) is 0. The van der Waals surface area contributed by atoms with Gasteiger partial charge >= 0.3 is 0 Å². The van der Waals surface area contributed by atoms with Crippen molar-refractivity contribution in [2.75, 3.05) is 35.5 Å². The first-order valence-electron chi connectivity index (χ1n) is 10.2. The van der Waals surface area contributed by atoms with Crippen molar-refractivity contribution in [3.05, 3.63) is 76.3 Å². The highest BCUT2D eigenvalue weighted by atomic mass is 16.5. The lowest BCUT2D eigenvalue weighted by Gasteiger charge is -2.12. The first kappa shape index (κ1) is 24.0. The van der Waals surface area contributed by atoms with Gasteiger partial charge in [0.25, 0.3) is 0 Å². The third-order valence-electron chi connectivity index (χ3n) is 4.85. The van der Waals surface area contributed by atoms with Crippen molar-refractivity contribution >= 4 is 0 Å². The third kappa shape index (κ3) is 5.57. The smallest absolute Gasteiger partial charge is 0.203 e. The Bertz CT molecular complexity index is 1330. The summed E-state index contributed by atoms with van der Waals surface area (Å²) in [7, 11) is 7.86. The molecule has 0 spiro atoms. The molecule has 0 bridgehead atoms. The summed E-state index contributed by atoms with van der Waals surface area (Å²) in [5.74, 6) is 18.1. The maximum absolute atomic E-state index is 5.66. The molecule has 0 saturated carbocycles. The van der Waals surface area contributed by atoms with Crippen molar-refractivity contribution in [3.8, 4) is 64.8 Å². The largest absolute Gasteiger partial charge is 0.493 e. The lowest BCUT2D eigenvalue weighted by Crippen LogP contribution is -1.95. The second kappa shape index (κ2) is 11.3. The van der Waals surface area contributed by atoms with Crippen LogP contribution in [0.4, 0.5) is 0 Å². The predicted octanol–water partition coefficient (Wildman–Crippen LogP) is 4.51. The first-order valence-corrected chi connectivity index (χ1v) is 10.2. The molecule has 0 unspecified atom stereocenters. The van der Waals surface area contributed by atoms with Gasteiger partial charge in [0.05, 0.1) is 35.5 Å². The summed E-state index contributed by atoms with van der Waals surface area (Å²) in [4.78, 5) is 0. The van der Waals surface area contributed by atoms with Gasteiger partial charge in [-0.25, -0.2) is 0 Å². The van der Waals surface area contributed by atoms with Crippen molar-refractivity contribution in [3.63, 3.8) is 0 Å². The van der Waals surface area contributed by atoms with Gasteiger partial charge in [0, 0.05) is 27.8 Å². The second-order valence-corrected chi connectivity index (χ2v) is 6.93. The highest BCUT2D eigenvalue weighted by molar-refractivity contribution is 5.59. The predicted molar refractivity (Wildman–Crippen MR) is 132 cm³/mol. The molecule has 0 aliphatic carbocycles. The molecule has 3 aromatic carbocycles. The average molecular weight is 453 g/mol. The van der Waals surface area contributed by atoms with E-state index in [1.54, 1.807) is 47.7 Å². The van der Waals surface area contributed by atoms with E-state index in [1.807, 2.05) is 36.4 Å². The fourth-order valence-electron chi connectivity index (χ4n) is 3.21. The molecule has 0 amide bonds. The van der Waals surface area contributed by atoms with Crippen LogP contribution in [0.15, 0.2) is 48.5 Å². The fourth-order valence-corrected chi connectivity index (χ4v) is 3.21. The SMILES string of the molecule is C#Cc1cc(C#Cc2ccc(OC)c(OC)c2)cc(C#Cc2cc(OC)c(OC)c(OC)c2)c1. The van der Waals surface area contributed by atoms with E-state index in [4.69, 9.17) is 30.1 Å². The number of ether oxygens (including phenoxy) is 5. The Labute approximate surface area is 200 Å². The van der Waals surface area contributed by atoms with Gasteiger partial charge in [0.2, 0.25) is 5.75 Å². The lowest BCUT2D eigenvalue weighted by molar-refractivity contribution is 0.324. The van der Waals surface area contributed by atoms with E-state index in [9.17, 15) is 0 Å². The Morgan fingerprint density at radius 2 is 0.912 bits per heavy atom. The van der Waals surface area contributed by atoms with Gasteiger partial charge in [-0.2, -0.15) is 0 Å². The second-order valence-electron chi connectivity index (χ2n) is 6.93. The van der Waals surface area contributed by atoms with Crippen LogP contribution in [0.25, 0.3) is 0 Å². The molecule has 170 valence electrons. The van der Waals surface area contributed by atoms with E-state index in [0.29, 0.717) is 39.9 Å². The van der Waals surface area contributed by atoms with Crippen LogP contribution in [0, 0.1) is 36.0 Å². The maximum Gasteiger partial charge on any atom is 0.203 e. The maximum atomic E-state index is 5.66. The monoisotopic (exact) mass is 452 g/mol. The van der Waals surface area contributed by atoms with E-state index in [-0.39, 0.29) is 0 Å². The van der Waals surface area contributed by atoms with Crippen molar-refractivity contribution in [1.82, 2.24) is 0 Å². The number of rotatable bonds is 5. The van der Waals surface area contributed by atoms with Crippen LogP contribution in [-0.2, 0) is 0 Å². The molecule has 0 atom stereocenters. The fraction of sp³-hybridized carbons (Fsp3) is 0.172. The van der Waals surface area contributed by atoms with Gasteiger partial charge in [-0.3, -0.25) is 0 Å². The topological polar surface area (TPSA) is 46.2 Å². The van der Waals surface area contributed by atoms with Crippen LogP contribution in [0.3, 0.4) is 0 Å². The molecule has 0 aliphatic rings. The third-order valence-corrected chi connectivity index (χ3v) is 4.85. The zero-order valence-electron chi connectivity index (χ0n) is 19.7. The highest BCUT2D eigenvalue weighted by Gasteiger charge is 2.12. The number of hydrogen-bond donors (Lipinski definition) is 0. The molecule has 5 heteroatoms. The molecule has 0 aliphatic heterocycles. The standard InChI is InChI=1S/C29H24O5/c1-7-20-14-22(9-8-21-12-13-25(30-2)26(17-21)31-3)16-23(15-20)10-11-24-18-27(32-4)29(34-6)28(19-24)33-5/h1,12-19H,2-6H3. The Balaban J connectivity index is 1.97. The van der Waals surface area contributed by atoms with Gasteiger partial charge < -0.3 is 23.7 Å². The minimum absolute atomic E-state index is 0.512. The lowest BCUT2D eigenvalue weighted by atomic mass is 10.1. The van der Waals surface area contributed by atoms with Crippen LogP contribution in [0.1, 0.15) is 27.8 Å². The molecular formula is C29H24O5. The molecule has 5 nitrogen and oxygen atoms in total. The van der Waals surface area contributed by atoms with Crippen molar-refractivity contribution in [2.45, 2.75) is 0 Å². The average Bonchev–Trinajstić information content (AvgIpc) is 2.89. The molecule has 0 fully saturated rings. The van der Waals surface area contributed by atoms with Crippen molar-refractivity contribution in [2.24, 2.45) is 0 Å². The van der Waals surface area contributed by atoms with Crippen LogP contribution in [0.5, 0.6) is 28.7 Å². The summed E-state index contributed by atoms with van der Waals surface area (Å²) >= 11 is 0. The van der Waals surface area contributed by atoms with Gasteiger partial charge in [-0.1, -0.05) is 29.6 Å². The summed E-state index contributed by atoms with van der Waals surface area (Å²) in [6, 6.07) is 14.7. The Hall–Kier alpha value is -4.66. The van der Waals surface area contributed by atoms with Crippen LogP contribution >= 0.6 is 0 Å².